The van der Waals surface area contributed by atoms with Gasteiger partial charge in [0, 0.05) is 18.8 Å². The Balaban J connectivity index is 1.88. The molecule has 0 spiro atoms. The average molecular weight is 451 g/mol. The number of carbonyl (C=O) groups excluding carboxylic acids is 2. The van der Waals surface area contributed by atoms with Crippen LogP contribution < -0.4 is 10.9 Å². The van der Waals surface area contributed by atoms with E-state index in [9.17, 15) is 14.4 Å². The molecule has 1 aromatic heterocycles. The van der Waals surface area contributed by atoms with Crippen molar-refractivity contribution in [2.45, 2.75) is 46.7 Å². The average Bonchev–Trinajstić information content (AvgIpc) is 2.82. The lowest BCUT2D eigenvalue weighted by Gasteiger charge is -2.30. The van der Waals surface area contributed by atoms with E-state index in [0.29, 0.717) is 47.7 Å². The highest BCUT2D eigenvalue weighted by Gasteiger charge is 2.25. The van der Waals surface area contributed by atoms with E-state index in [4.69, 9.17) is 9.72 Å². The maximum atomic E-state index is 13.2. The molecule has 2 aromatic carbocycles. The molecule has 0 saturated heterocycles. The summed E-state index contributed by atoms with van der Waals surface area (Å²) in [4.78, 5) is 44.5. The van der Waals surface area contributed by atoms with Crippen LogP contribution in [0.5, 0.6) is 0 Å². The van der Waals surface area contributed by atoms with E-state index in [1.807, 2.05) is 39.0 Å². The Labute approximate surface area is 193 Å². The van der Waals surface area contributed by atoms with E-state index < -0.39 is 12.0 Å². The Morgan fingerprint density at radius 3 is 2.42 bits per heavy atom. The number of nitrogens with one attached hydrogen (secondary N) is 1. The van der Waals surface area contributed by atoms with Crippen LogP contribution >= 0.6 is 0 Å². The first-order valence-electron chi connectivity index (χ1n) is 11.2. The highest BCUT2D eigenvalue weighted by atomic mass is 16.5. The smallest absolute Gasteiger partial charge is 0.338 e. The molecule has 8 heteroatoms. The molecule has 0 bridgehead atoms. The van der Waals surface area contributed by atoms with E-state index >= 15 is 0 Å². The van der Waals surface area contributed by atoms with E-state index in [-0.39, 0.29) is 11.6 Å². The number of amides is 2. The first-order chi connectivity index (χ1) is 15.9. The molecule has 3 rings (SSSR count). The fourth-order valence-electron chi connectivity index (χ4n) is 3.76. The van der Waals surface area contributed by atoms with Crippen molar-refractivity contribution in [2.24, 2.45) is 0 Å². The van der Waals surface area contributed by atoms with Crippen molar-refractivity contribution >= 4 is 28.6 Å². The number of fused-ring (bicyclic) bond motifs is 1. The van der Waals surface area contributed by atoms with Crippen LogP contribution in [-0.4, -0.2) is 39.6 Å². The summed E-state index contributed by atoms with van der Waals surface area (Å²) in [6.45, 7) is 8.74. The molecule has 1 unspecified atom stereocenters. The van der Waals surface area contributed by atoms with Gasteiger partial charge in [-0.3, -0.25) is 9.36 Å². The zero-order valence-corrected chi connectivity index (χ0v) is 19.5. The maximum absolute atomic E-state index is 13.2. The Kier molecular flexibility index (Phi) is 7.82. The van der Waals surface area contributed by atoms with Crippen LogP contribution in [0.3, 0.4) is 0 Å². The fraction of sp³-hybridized carbons (Fsp3) is 0.360. The van der Waals surface area contributed by atoms with Crippen LogP contribution in [-0.2, 0) is 11.3 Å². The topological polar surface area (TPSA) is 93.5 Å². The van der Waals surface area contributed by atoms with Crippen molar-refractivity contribution in [3.05, 3.63) is 70.3 Å². The van der Waals surface area contributed by atoms with Gasteiger partial charge in [0.25, 0.3) is 5.56 Å². The number of nitrogens with zero attached hydrogens (tertiary/aromatic N) is 3. The van der Waals surface area contributed by atoms with Crippen LogP contribution in [0.2, 0.25) is 0 Å². The summed E-state index contributed by atoms with van der Waals surface area (Å²) in [6.07, 6.45) is 0.740. The van der Waals surface area contributed by atoms with Gasteiger partial charge in [0.2, 0.25) is 0 Å². The summed E-state index contributed by atoms with van der Waals surface area (Å²) >= 11 is 0. The normalized spacial score (nSPS) is 11.8. The Bertz CT molecular complexity index is 1190. The van der Waals surface area contributed by atoms with Gasteiger partial charge in [-0.05, 0) is 63.6 Å². The molecule has 0 aliphatic heterocycles. The van der Waals surface area contributed by atoms with Crippen molar-refractivity contribution in [3.63, 3.8) is 0 Å². The van der Waals surface area contributed by atoms with E-state index in [2.05, 4.69) is 5.32 Å². The lowest BCUT2D eigenvalue weighted by Crippen LogP contribution is -2.40. The Hall–Kier alpha value is -3.68. The predicted octanol–water partition coefficient (Wildman–Crippen LogP) is 4.60. The number of hydrogen-bond acceptors (Lipinski definition) is 5. The standard InChI is InChI=1S/C25H30N4O4/c1-5-16-29(25(32)26-19-14-12-18(13-15-19)24(31)33-7-3)17(4)22-27-21-11-9-8-10-20(21)23(30)28(22)6-2/h8-15,17H,5-7,16H2,1-4H3,(H,26,32). The molecule has 1 N–H and O–H groups in total. The molecular weight excluding hydrogens is 420 g/mol. The Morgan fingerprint density at radius 1 is 1.09 bits per heavy atom. The van der Waals surface area contributed by atoms with Crippen molar-refractivity contribution in [2.75, 3.05) is 18.5 Å². The highest BCUT2D eigenvalue weighted by Crippen LogP contribution is 2.22. The second-order valence-corrected chi connectivity index (χ2v) is 7.63. The van der Waals surface area contributed by atoms with Crippen LogP contribution in [0.1, 0.15) is 56.3 Å². The van der Waals surface area contributed by atoms with Crippen LogP contribution in [0.4, 0.5) is 10.5 Å². The number of para-hydroxylation sites is 1. The van der Waals surface area contributed by atoms with Gasteiger partial charge >= 0.3 is 12.0 Å². The third-order valence-corrected chi connectivity index (χ3v) is 5.42. The minimum Gasteiger partial charge on any atom is -0.462 e. The minimum atomic E-state index is -0.430. The second kappa shape index (κ2) is 10.8. The molecule has 33 heavy (non-hydrogen) atoms. The van der Waals surface area contributed by atoms with E-state index in [1.54, 1.807) is 46.7 Å². The predicted molar refractivity (Wildman–Crippen MR) is 129 cm³/mol. The fourth-order valence-corrected chi connectivity index (χ4v) is 3.76. The lowest BCUT2D eigenvalue weighted by molar-refractivity contribution is 0.0526. The number of rotatable bonds is 8. The molecule has 0 saturated carbocycles. The first-order valence-corrected chi connectivity index (χ1v) is 11.2. The number of ether oxygens (including phenoxy) is 1. The van der Waals surface area contributed by atoms with Gasteiger partial charge in [0.15, 0.2) is 0 Å². The highest BCUT2D eigenvalue weighted by molar-refractivity contribution is 5.92. The molecule has 0 fully saturated rings. The molecular formula is C25H30N4O4. The number of hydrogen-bond donors (Lipinski definition) is 1. The molecule has 0 aliphatic carbocycles. The molecule has 2 amide bonds. The number of esters is 1. The quantitative estimate of drug-likeness (QED) is 0.506. The summed E-state index contributed by atoms with van der Waals surface area (Å²) < 4.78 is 6.61. The van der Waals surface area contributed by atoms with Gasteiger partial charge in [0.1, 0.15) is 5.82 Å². The van der Waals surface area contributed by atoms with E-state index in [0.717, 1.165) is 6.42 Å². The number of carbonyl (C=O) groups is 2. The molecule has 0 radical (unpaired) electrons. The number of aromatic nitrogens is 2. The van der Waals surface area contributed by atoms with E-state index in [1.165, 1.54) is 0 Å². The zero-order chi connectivity index (χ0) is 24.0. The maximum Gasteiger partial charge on any atom is 0.338 e. The third-order valence-electron chi connectivity index (χ3n) is 5.42. The summed E-state index contributed by atoms with van der Waals surface area (Å²) in [6, 6.07) is 13.0. The van der Waals surface area contributed by atoms with Gasteiger partial charge in [-0.25, -0.2) is 14.6 Å². The van der Waals surface area contributed by atoms with Crippen LogP contribution in [0.25, 0.3) is 10.9 Å². The SMILES string of the molecule is CCCN(C(=O)Nc1ccc(C(=O)OCC)cc1)C(C)c1nc2ccccc2c(=O)n1CC. The number of benzene rings is 2. The summed E-state index contributed by atoms with van der Waals surface area (Å²) in [5.41, 5.74) is 1.47. The van der Waals surface area contributed by atoms with Crippen LogP contribution in [0.15, 0.2) is 53.3 Å². The van der Waals surface area contributed by atoms with Crippen LogP contribution in [0, 0.1) is 0 Å². The monoisotopic (exact) mass is 450 g/mol. The molecule has 174 valence electrons. The lowest BCUT2D eigenvalue weighted by atomic mass is 10.2. The van der Waals surface area contributed by atoms with Gasteiger partial charge in [-0.1, -0.05) is 19.1 Å². The largest absolute Gasteiger partial charge is 0.462 e. The van der Waals surface area contributed by atoms with Gasteiger partial charge in [0.05, 0.1) is 29.1 Å². The number of urea groups is 1. The first kappa shape index (κ1) is 24.0. The molecule has 3 aromatic rings. The minimum absolute atomic E-state index is 0.114. The van der Waals surface area contributed by atoms with Crippen molar-refractivity contribution in [1.82, 2.24) is 14.5 Å². The second-order valence-electron chi connectivity index (χ2n) is 7.63. The van der Waals surface area contributed by atoms with Crippen molar-refractivity contribution in [3.8, 4) is 0 Å². The van der Waals surface area contributed by atoms with Gasteiger partial charge < -0.3 is 15.0 Å². The summed E-state index contributed by atoms with van der Waals surface area (Å²) in [5.74, 6) is 0.138. The third kappa shape index (κ3) is 5.22. The van der Waals surface area contributed by atoms with Crippen molar-refractivity contribution < 1.29 is 14.3 Å². The van der Waals surface area contributed by atoms with Gasteiger partial charge in [-0.2, -0.15) is 0 Å². The number of anilines is 1. The van der Waals surface area contributed by atoms with Crippen molar-refractivity contribution in [1.29, 1.82) is 0 Å². The molecule has 8 nitrogen and oxygen atoms in total. The molecule has 1 heterocycles. The molecule has 0 aliphatic rings. The summed E-state index contributed by atoms with van der Waals surface area (Å²) in [5, 5.41) is 3.44. The molecule has 1 atom stereocenters. The zero-order valence-electron chi connectivity index (χ0n) is 19.5. The summed E-state index contributed by atoms with van der Waals surface area (Å²) in [7, 11) is 0. The Morgan fingerprint density at radius 2 is 1.79 bits per heavy atom. The van der Waals surface area contributed by atoms with Gasteiger partial charge in [-0.15, -0.1) is 0 Å².